The number of esters is 1. The van der Waals surface area contributed by atoms with Crippen LogP contribution >= 0.6 is 15.9 Å². The molecule has 1 aromatic rings. The van der Waals surface area contributed by atoms with E-state index < -0.39 is 12.4 Å². The zero-order chi connectivity index (χ0) is 16.3. The number of halogens is 1. The molecule has 0 spiro atoms. The van der Waals surface area contributed by atoms with Crippen LogP contribution in [-0.2, 0) is 14.3 Å². The van der Waals surface area contributed by atoms with Crippen molar-refractivity contribution in [3.05, 3.63) is 28.7 Å². The van der Waals surface area contributed by atoms with Crippen LogP contribution in [0.5, 0.6) is 5.75 Å². The summed E-state index contributed by atoms with van der Waals surface area (Å²) in [5.74, 6) is 0.858. The number of benzene rings is 1. The summed E-state index contributed by atoms with van der Waals surface area (Å²) >= 11 is 3.40. The van der Waals surface area contributed by atoms with E-state index >= 15 is 0 Å². The average molecular weight is 371 g/mol. The van der Waals surface area contributed by atoms with Crippen molar-refractivity contribution in [3.63, 3.8) is 0 Å². The third-order valence-corrected chi connectivity index (χ3v) is 4.81. The van der Waals surface area contributed by atoms with Gasteiger partial charge < -0.3 is 14.2 Å². The molecule has 0 bridgehead atoms. The molecule has 1 fully saturated rings. The van der Waals surface area contributed by atoms with Gasteiger partial charge in [-0.1, -0.05) is 36.7 Å². The number of ether oxygens (including phenoxy) is 3. The standard InChI is InChI=1S/C17H23BrO4/c1-5-15-10(2)11(3)16(20-12(4)19)17(22-15)21-14-8-6-13(18)7-9-14/h6-11,15-17H,5H2,1-4H3/t10-,11-,15?,16?,17-/m0/s1. The molecule has 0 saturated carbocycles. The first-order valence-electron chi connectivity index (χ1n) is 7.67. The van der Waals surface area contributed by atoms with Gasteiger partial charge in [0, 0.05) is 17.3 Å². The van der Waals surface area contributed by atoms with Crippen LogP contribution in [0.4, 0.5) is 0 Å². The Kier molecular flexibility index (Phi) is 5.87. The van der Waals surface area contributed by atoms with Crippen LogP contribution in [0.1, 0.15) is 34.1 Å². The second-order valence-electron chi connectivity index (χ2n) is 5.82. The van der Waals surface area contributed by atoms with E-state index in [1.165, 1.54) is 6.92 Å². The Morgan fingerprint density at radius 3 is 2.41 bits per heavy atom. The topological polar surface area (TPSA) is 44.8 Å². The van der Waals surface area contributed by atoms with Crippen LogP contribution in [0.2, 0.25) is 0 Å². The molecular weight excluding hydrogens is 348 g/mol. The van der Waals surface area contributed by atoms with Gasteiger partial charge in [0.05, 0.1) is 6.10 Å². The van der Waals surface area contributed by atoms with Gasteiger partial charge >= 0.3 is 5.97 Å². The van der Waals surface area contributed by atoms with Gasteiger partial charge in [0.2, 0.25) is 6.29 Å². The number of carbonyl (C=O) groups excluding carboxylic acids is 1. The average Bonchev–Trinajstić information content (AvgIpc) is 2.48. The van der Waals surface area contributed by atoms with Gasteiger partial charge in [0.25, 0.3) is 0 Å². The van der Waals surface area contributed by atoms with E-state index in [2.05, 4.69) is 36.7 Å². The monoisotopic (exact) mass is 370 g/mol. The summed E-state index contributed by atoms with van der Waals surface area (Å²) in [4.78, 5) is 11.4. The summed E-state index contributed by atoms with van der Waals surface area (Å²) < 4.78 is 18.5. The third kappa shape index (κ3) is 4.02. The maximum absolute atomic E-state index is 11.4. The van der Waals surface area contributed by atoms with E-state index in [-0.39, 0.29) is 18.0 Å². The first-order valence-corrected chi connectivity index (χ1v) is 8.46. The SMILES string of the molecule is CCC1O[C@H](Oc2ccc(Br)cc2)C(OC(C)=O)[C@@H](C)[C@@H]1C. The van der Waals surface area contributed by atoms with E-state index in [1.54, 1.807) is 0 Å². The molecule has 0 amide bonds. The molecule has 22 heavy (non-hydrogen) atoms. The van der Waals surface area contributed by atoms with Gasteiger partial charge in [0.15, 0.2) is 6.10 Å². The van der Waals surface area contributed by atoms with Crippen molar-refractivity contribution < 1.29 is 19.0 Å². The fraction of sp³-hybridized carbons (Fsp3) is 0.588. The molecule has 4 nitrogen and oxygen atoms in total. The van der Waals surface area contributed by atoms with E-state index in [0.717, 1.165) is 10.9 Å². The number of hydrogen-bond donors (Lipinski definition) is 0. The molecule has 0 aliphatic carbocycles. The predicted molar refractivity (Wildman–Crippen MR) is 87.6 cm³/mol. The van der Waals surface area contributed by atoms with Crippen molar-refractivity contribution in [1.29, 1.82) is 0 Å². The summed E-state index contributed by atoms with van der Waals surface area (Å²) in [6.07, 6.45) is 0.0146. The van der Waals surface area contributed by atoms with Crippen molar-refractivity contribution in [1.82, 2.24) is 0 Å². The molecule has 5 heteroatoms. The second kappa shape index (κ2) is 7.47. The largest absolute Gasteiger partial charge is 0.461 e. The van der Waals surface area contributed by atoms with Gasteiger partial charge in [-0.15, -0.1) is 0 Å². The summed E-state index contributed by atoms with van der Waals surface area (Å²) in [5, 5.41) is 0. The van der Waals surface area contributed by atoms with Gasteiger partial charge in [-0.2, -0.15) is 0 Å². The van der Waals surface area contributed by atoms with Gasteiger partial charge in [-0.25, -0.2) is 0 Å². The summed E-state index contributed by atoms with van der Waals surface area (Å²) in [6.45, 7) is 7.73. The fourth-order valence-electron chi connectivity index (χ4n) is 2.82. The van der Waals surface area contributed by atoms with E-state index in [4.69, 9.17) is 14.2 Å². The van der Waals surface area contributed by atoms with Crippen molar-refractivity contribution in [2.45, 2.75) is 52.6 Å². The third-order valence-electron chi connectivity index (χ3n) is 4.28. The van der Waals surface area contributed by atoms with Crippen LogP contribution in [0, 0.1) is 11.8 Å². The van der Waals surface area contributed by atoms with Gasteiger partial charge in [-0.3, -0.25) is 4.79 Å². The Morgan fingerprint density at radius 1 is 1.23 bits per heavy atom. The lowest BCUT2D eigenvalue weighted by Gasteiger charge is -2.43. The van der Waals surface area contributed by atoms with E-state index in [1.807, 2.05) is 24.3 Å². The Labute approximate surface area is 140 Å². The number of rotatable bonds is 4. The van der Waals surface area contributed by atoms with Gasteiger partial charge in [0.1, 0.15) is 5.75 Å². The summed E-state index contributed by atoms with van der Waals surface area (Å²) in [6, 6.07) is 7.54. The maximum atomic E-state index is 11.4. The number of carbonyl (C=O) groups is 1. The zero-order valence-corrected chi connectivity index (χ0v) is 15.0. The second-order valence-corrected chi connectivity index (χ2v) is 6.73. The molecular formula is C17H23BrO4. The lowest BCUT2D eigenvalue weighted by Crippen LogP contribution is -2.53. The van der Waals surface area contributed by atoms with Gasteiger partial charge in [-0.05, 0) is 36.6 Å². The molecule has 0 radical (unpaired) electrons. The van der Waals surface area contributed by atoms with Crippen LogP contribution < -0.4 is 4.74 Å². The molecule has 0 aromatic heterocycles. The Balaban J connectivity index is 2.18. The molecule has 1 heterocycles. The lowest BCUT2D eigenvalue weighted by molar-refractivity contribution is -0.246. The molecule has 2 unspecified atom stereocenters. The fourth-order valence-corrected chi connectivity index (χ4v) is 3.09. The van der Waals surface area contributed by atoms with Crippen LogP contribution in [0.15, 0.2) is 28.7 Å². The van der Waals surface area contributed by atoms with Crippen LogP contribution in [0.3, 0.4) is 0 Å². The van der Waals surface area contributed by atoms with Crippen LogP contribution in [0.25, 0.3) is 0 Å². The Morgan fingerprint density at radius 2 is 1.86 bits per heavy atom. The van der Waals surface area contributed by atoms with E-state index in [0.29, 0.717) is 11.7 Å². The summed E-state index contributed by atoms with van der Waals surface area (Å²) in [5.41, 5.74) is 0. The molecule has 2 rings (SSSR count). The van der Waals surface area contributed by atoms with Crippen molar-refractivity contribution in [3.8, 4) is 5.75 Å². The quantitative estimate of drug-likeness (QED) is 0.746. The highest BCUT2D eigenvalue weighted by molar-refractivity contribution is 9.10. The lowest BCUT2D eigenvalue weighted by atomic mass is 9.82. The normalized spacial score (nSPS) is 31.6. The highest BCUT2D eigenvalue weighted by Crippen LogP contribution is 2.35. The van der Waals surface area contributed by atoms with Crippen molar-refractivity contribution in [2.24, 2.45) is 11.8 Å². The molecule has 1 saturated heterocycles. The molecule has 5 atom stereocenters. The maximum Gasteiger partial charge on any atom is 0.303 e. The first-order chi connectivity index (χ1) is 10.4. The molecule has 122 valence electrons. The zero-order valence-electron chi connectivity index (χ0n) is 13.4. The molecule has 1 aromatic carbocycles. The molecule has 1 aliphatic heterocycles. The van der Waals surface area contributed by atoms with E-state index in [9.17, 15) is 4.79 Å². The highest BCUT2D eigenvalue weighted by atomic mass is 79.9. The van der Waals surface area contributed by atoms with Crippen molar-refractivity contribution in [2.75, 3.05) is 0 Å². The Hall–Kier alpha value is -1.07. The highest BCUT2D eigenvalue weighted by Gasteiger charge is 2.44. The first kappa shape index (κ1) is 17.3. The molecule has 0 N–H and O–H groups in total. The minimum Gasteiger partial charge on any atom is -0.461 e. The minimum absolute atomic E-state index is 0.0993. The summed E-state index contributed by atoms with van der Waals surface area (Å²) in [7, 11) is 0. The Bertz CT molecular complexity index is 502. The van der Waals surface area contributed by atoms with Crippen molar-refractivity contribution >= 4 is 21.9 Å². The predicted octanol–water partition coefficient (Wildman–Crippen LogP) is 4.17. The van der Waals surface area contributed by atoms with Crippen LogP contribution in [-0.4, -0.2) is 24.5 Å². The minimum atomic E-state index is -0.582. The number of hydrogen-bond acceptors (Lipinski definition) is 4. The smallest absolute Gasteiger partial charge is 0.303 e. The molecule has 1 aliphatic rings.